The highest BCUT2D eigenvalue weighted by Crippen LogP contribution is 1.97. The molecule has 72 valence electrons. The highest BCUT2D eigenvalue weighted by Gasteiger charge is 1.99. The summed E-state index contributed by atoms with van der Waals surface area (Å²) in [7, 11) is 0. The molecule has 0 aromatic heterocycles. The molecule has 4 heteroatoms. The Morgan fingerprint density at radius 3 is 2.50 bits per heavy atom. The lowest BCUT2D eigenvalue weighted by molar-refractivity contribution is -0.118. The standard InChI is InChI=1S/C10H10N2O2/c1-8(13)12-11-7-10(14)9-5-3-2-4-6-9/h2-7H,1H3,(H,12,13). The molecule has 14 heavy (non-hydrogen) atoms. The number of nitrogens with one attached hydrogen (secondary N) is 1. The van der Waals surface area contributed by atoms with Gasteiger partial charge >= 0.3 is 0 Å². The van der Waals surface area contributed by atoms with E-state index in [1.54, 1.807) is 24.3 Å². The molecule has 0 aliphatic rings. The number of amides is 1. The van der Waals surface area contributed by atoms with Crippen molar-refractivity contribution in [2.75, 3.05) is 0 Å². The van der Waals surface area contributed by atoms with E-state index in [1.807, 2.05) is 6.07 Å². The Morgan fingerprint density at radius 2 is 1.93 bits per heavy atom. The van der Waals surface area contributed by atoms with Crippen molar-refractivity contribution in [3.63, 3.8) is 0 Å². The lowest BCUT2D eigenvalue weighted by Gasteiger charge is -1.93. The monoisotopic (exact) mass is 190 g/mol. The summed E-state index contributed by atoms with van der Waals surface area (Å²) in [4.78, 5) is 21.8. The van der Waals surface area contributed by atoms with Gasteiger partial charge in [-0.05, 0) is 0 Å². The largest absolute Gasteiger partial charge is 0.287 e. The fourth-order valence-corrected chi connectivity index (χ4v) is 0.859. The van der Waals surface area contributed by atoms with Crippen LogP contribution in [0.15, 0.2) is 35.4 Å². The molecule has 4 nitrogen and oxygen atoms in total. The molecule has 0 aliphatic carbocycles. The maximum Gasteiger partial charge on any atom is 0.236 e. The van der Waals surface area contributed by atoms with Gasteiger partial charge in [0.15, 0.2) is 0 Å². The van der Waals surface area contributed by atoms with Gasteiger partial charge in [-0.1, -0.05) is 30.3 Å². The Kier molecular flexibility index (Phi) is 3.55. The summed E-state index contributed by atoms with van der Waals surface area (Å²) in [5.74, 6) is -0.540. The van der Waals surface area contributed by atoms with Crippen LogP contribution in [0.3, 0.4) is 0 Å². The van der Waals surface area contributed by atoms with Gasteiger partial charge in [0.2, 0.25) is 11.7 Å². The Labute approximate surface area is 81.6 Å². The maximum atomic E-state index is 11.3. The molecule has 1 aromatic carbocycles. The smallest absolute Gasteiger partial charge is 0.236 e. The van der Waals surface area contributed by atoms with Crippen LogP contribution in [0, 0.1) is 0 Å². The maximum absolute atomic E-state index is 11.3. The Morgan fingerprint density at radius 1 is 1.29 bits per heavy atom. The van der Waals surface area contributed by atoms with Crippen LogP contribution in [0.2, 0.25) is 0 Å². The van der Waals surface area contributed by atoms with Crippen LogP contribution in [-0.4, -0.2) is 17.9 Å². The molecule has 0 spiro atoms. The lowest BCUT2D eigenvalue weighted by Crippen LogP contribution is -2.14. The number of benzene rings is 1. The molecule has 1 amide bonds. The normalized spacial score (nSPS) is 10.1. The average Bonchev–Trinajstić information content (AvgIpc) is 2.18. The second-order valence-electron chi connectivity index (χ2n) is 2.66. The van der Waals surface area contributed by atoms with Gasteiger partial charge in [-0.2, -0.15) is 5.10 Å². The van der Waals surface area contributed by atoms with Crippen molar-refractivity contribution in [3.8, 4) is 0 Å². The number of ketones is 1. The third-order valence-corrected chi connectivity index (χ3v) is 1.46. The zero-order chi connectivity index (χ0) is 10.4. The van der Waals surface area contributed by atoms with E-state index in [2.05, 4.69) is 10.5 Å². The van der Waals surface area contributed by atoms with Gasteiger partial charge in [0.05, 0.1) is 6.21 Å². The number of Topliss-reactive ketones (excluding diaryl/α,β-unsaturated/α-hetero) is 1. The Bertz CT molecular complexity index is 358. The quantitative estimate of drug-likeness (QED) is 0.439. The van der Waals surface area contributed by atoms with E-state index in [9.17, 15) is 9.59 Å². The van der Waals surface area contributed by atoms with Crippen molar-refractivity contribution in [2.24, 2.45) is 5.10 Å². The fourth-order valence-electron chi connectivity index (χ4n) is 0.859. The minimum Gasteiger partial charge on any atom is -0.287 e. The molecular formula is C10H10N2O2. The van der Waals surface area contributed by atoms with E-state index in [1.165, 1.54) is 6.92 Å². The topological polar surface area (TPSA) is 58.5 Å². The molecule has 0 bridgehead atoms. The first-order valence-corrected chi connectivity index (χ1v) is 4.09. The van der Waals surface area contributed by atoms with Gasteiger partial charge in [0.1, 0.15) is 0 Å². The SMILES string of the molecule is CC(=O)NN=CC(=O)c1ccccc1. The van der Waals surface area contributed by atoms with Crippen LogP contribution in [0.25, 0.3) is 0 Å². The minimum atomic E-state index is -0.304. The Balaban J connectivity index is 2.59. The van der Waals surface area contributed by atoms with E-state index in [4.69, 9.17) is 0 Å². The van der Waals surface area contributed by atoms with E-state index in [-0.39, 0.29) is 11.7 Å². The third-order valence-electron chi connectivity index (χ3n) is 1.46. The predicted octanol–water partition coefficient (Wildman–Crippen LogP) is 0.991. The van der Waals surface area contributed by atoms with Crippen LogP contribution in [0.1, 0.15) is 17.3 Å². The average molecular weight is 190 g/mol. The first kappa shape index (κ1) is 10.1. The van der Waals surface area contributed by atoms with Crippen molar-refractivity contribution in [1.29, 1.82) is 0 Å². The van der Waals surface area contributed by atoms with E-state index in [0.717, 1.165) is 6.21 Å². The van der Waals surface area contributed by atoms with Crippen molar-refractivity contribution in [1.82, 2.24) is 5.43 Å². The van der Waals surface area contributed by atoms with Crippen LogP contribution in [0.5, 0.6) is 0 Å². The summed E-state index contributed by atoms with van der Waals surface area (Å²) in [6.45, 7) is 1.32. The summed E-state index contributed by atoms with van der Waals surface area (Å²) < 4.78 is 0. The number of carbonyl (C=O) groups is 2. The predicted molar refractivity (Wildman–Crippen MR) is 53.1 cm³/mol. The van der Waals surface area contributed by atoms with Gasteiger partial charge in [-0.25, -0.2) is 5.43 Å². The first-order valence-electron chi connectivity index (χ1n) is 4.09. The van der Waals surface area contributed by atoms with Crippen LogP contribution in [0.4, 0.5) is 0 Å². The van der Waals surface area contributed by atoms with Crippen molar-refractivity contribution in [3.05, 3.63) is 35.9 Å². The number of nitrogens with zero attached hydrogens (tertiary/aromatic N) is 1. The van der Waals surface area contributed by atoms with Crippen molar-refractivity contribution >= 4 is 17.9 Å². The molecule has 0 atom stereocenters. The number of rotatable bonds is 3. The Hall–Kier alpha value is -1.97. The van der Waals surface area contributed by atoms with Crippen molar-refractivity contribution < 1.29 is 9.59 Å². The molecule has 1 aromatic rings. The van der Waals surface area contributed by atoms with Gasteiger partial charge in [-0.3, -0.25) is 9.59 Å². The minimum absolute atomic E-state index is 0.237. The van der Waals surface area contributed by atoms with Gasteiger partial charge in [0.25, 0.3) is 0 Å². The van der Waals surface area contributed by atoms with Crippen LogP contribution >= 0.6 is 0 Å². The van der Waals surface area contributed by atoms with Gasteiger partial charge in [0, 0.05) is 12.5 Å². The molecule has 0 fully saturated rings. The molecule has 0 aliphatic heterocycles. The molecule has 0 heterocycles. The van der Waals surface area contributed by atoms with E-state index < -0.39 is 0 Å². The number of hydrogen-bond acceptors (Lipinski definition) is 3. The van der Waals surface area contributed by atoms with Crippen molar-refractivity contribution in [2.45, 2.75) is 6.92 Å². The third kappa shape index (κ3) is 3.18. The van der Waals surface area contributed by atoms with Gasteiger partial charge < -0.3 is 0 Å². The highest BCUT2D eigenvalue weighted by atomic mass is 16.2. The molecule has 0 saturated heterocycles. The molecule has 0 radical (unpaired) electrons. The molecular weight excluding hydrogens is 180 g/mol. The number of carbonyl (C=O) groups excluding carboxylic acids is 2. The zero-order valence-corrected chi connectivity index (χ0v) is 7.73. The zero-order valence-electron chi connectivity index (χ0n) is 7.73. The lowest BCUT2D eigenvalue weighted by atomic mass is 10.1. The molecule has 1 N–H and O–H groups in total. The summed E-state index contributed by atoms with van der Waals surface area (Å²) in [5, 5.41) is 3.47. The number of hydrogen-bond donors (Lipinski definition) is 1. The summed E-state index contributed by atoms with van der Waals surface area (Å²) in [6, 6.07) is 8.71. The summed E-state index contributed by atoms with van der Waals surface area (Å²) >= 11 is 0. The highest BCUT2D eigenvalue weighted by molar-refractivity contribution is 6.35. The summed E-state index contributed by atoms with van der Waals surface area (Å²) in [5.41, 5.74) is 2.70. The van der Waals surface area contributed by atoms with Crippen LogP contribution in [-0.2, 0) is 4.79 Å². The van der Waals surface area contributed by atoms with Crippen LogP contribution < -0.4 is 5.43 Å². The molecule has 0 unspecified atom stereocenters. The summed E-state index contributed by atoms with van der Waals surface area (Å²) in [6.07, 6.45) is 1.08. The second-order valence-corrected chi connectivity index (χ2v) is 2.66. The van der Waals surface area contributed by atoms with Gasteiger partial charge in [-0.15, -0.1) is 0 Å². The fraction of sp³-hybridized carbons (Fsp3) is 0.100. The van der Waals surface area contributed by atoms with E-state index >= 15 is 0 Å². The second kappa shape index (κ2) is 4.91. The molecule has 0 saturated carbocycles. The number of hydrazone groups is 1. The first-order chi connectivity index (χ1) is 6.70. The van der Waals surface area contributed by atoms with E-state index in [0.29, 0.717) is 5.56 Å². The molecule has 1 rings (SSSR count).